The quantitative estimate of drug-likeness (QED) is 0.181. The monoisotopic (exact) mass is 499 g/mol. The Hall–Kier alpha value is -3.00. The number of allylic oxidation sites excluding steroid dienone is 5. The number of anilines is 1. The lowest BCUT2D eigenvalue weighted by Gasteiger charge is -2.40. The minimum atomic E-state index is -2.39. The Morgan fingerprint density at radius 3 is 2.06 bits per heavy atom. The van der Waals surface area contributed by atoms with Gasteiger partial charge in [-0.2, -0.15) is 0 Å². The van der Waals surface area contributed by atoms with Crippen molar-refractivity contribution in [3.63, 3.8) is 0 Å². The molecule has 0 spiro atoms. The molecule has 2 fully saturated rings. The molecule has 0 N–H and O–H groups in total. The fourth-order valence-corrected chi connectivity index (χ4v) is 8.53. The minimum Gasteiger partial charge on any atom is -0.371 e. The fraction of sp³-hybridized carbons (Fsp3) is 0.296. The van der Waals surface area contributed by atoms with Crippen molar-refractivity contribution in [1.29, 1.82) is 0 Å². The average Bonchev–Trinajstić information content (AvgIpc) is 2.77. The molecular weight excluding hydrogens is 475 g/mol. The topological polar surface area (TPSA) is 6.25 Å². The number of nitrogens with zero attached hydrogens (tertiary/aromatic N) is 2. The van der Waals surface area contributed by atoms with Crippen molar-refractivity contribution in [2.45, 2.75) is 25.9 Å². The van der Waals surface area contributed by atoms with E-state index in [1.165, 1.54) is 0 Å². The number of halogens is 5. The molecule has 1 aliphatic carbocycles. The lowest BCUT2D eigenvalue weighted by Crippen LogP contribution is -2.50. The molecule has 0 saturated carbocycles. The maximum atomic E-state index is 15.2. The Morgan fingerprint density at radius 2 is 1.49 bits per heavy atom. The van der Waals surface area contributed by atoms with Crippen LogP contribution in [0.5, 0.6) is 0 Å². The van der Waals surface area contributed by atoms with Crippen LogP contribution >= 0.6 is 0 Å². The van der Waals surface area contributed by atoms with Gasteiger partial charge >= 0.3 is 0 Å². The van der Waals surface area contributed by atoms with Crippen molar-refractivity contribution in [2.24, 2.45) is 0 Å². The summed E-state index contributed by atoms with van der Waals surface area (Å²) in [6.07, 6.45) is 7.93. The van der Waals surface area contributed by atoms with E-state index in [0.717, 1.165) is 60.8 Å². The molecule has 6 rings (SSSR count). The highest BCUT2D eigenvalue weighted by atomic mass is 28.3. The van der Waals surface area contributed by atoms with Crippen LogP contribution in [0.4, 0.5) is 27.6 Å². The van der Waals surface area contributed by atoms with E-state index in [1.54, 1.807) is 12.1 Å². The van der Waals surface area contributed by atoms with Gasteiger partial charge in [0.05, 0.1) is 12.0 Å². The predicted octanol–water partition coefficient (Wildman–Crippen LogP) is 5.22. The van der Waals surface area contributed by atoms with Gasteiger partial charge in [0.2, 0.25) is 5.82 Å². The van der Waals surface area contributed by atoms with Gasteiger partial charge in [-0.25, -0.2) is 26.5 Å². The number of hydrogen-bond donors (Lipinski definition) is 0. The van der Waals surface area contributed by atoms with E-state index in [2.05, 4.69) is 34.7 Å². The Balaban J connectivity index is 1.68. The van der Waals surface area contributed by atoms with Gasteiger partial charge in [0, 0.05) is 36.5 Å². The van der Waals surface area contributed by atoms with Crippen LogP contribution in [0.3, 0.4) is 0 Å². The van der Waals surface area contributed by atoms with Crippen LogP contribution in [0.15, 0.2) is 47.2 Å². The predicted molar refractivity (Wildman–Crippen MR) is 129 cm³/mol. The lowest BCUT2D eigenvalue weighted by atomic mass is 9.88. The van der Waals surface area contributed by atoms with Crippen molar-refractivity contribution in [3.8, 4) is 0 Å². The van der Waals surface area contributed by atoms with Crippen LogP contribution < -0.4 is 10.1 Å². The largest absolute Gasteiger partial charge is 0.371 e. The van der Waals surface area contributed by atoms with Crippen molar-refractivity contribution in [3.05, 3.63) is 87.4 Å². The van der Waals surface area contributed by atoms with Crippen molar-refractivity contribution in [1.82, 2.24) is 0 Å². The molecule has 35 heavy (non-hydrogen) atoms. The van der Waals surface area contributed by atoms with Gasteiger partial charge in [-0.05, 0) is 46.1 Å². The molecule has 3 aliphatic heterocycles. The van der Waals surface area contributed by atoms with E-state index in [1.807, 2.05) is 12.1 Å². The molecule has 2 nitrogen and oxygen atoms in total. The molecule has 2 aromatic carbocycles. The third-order valence-corrected chi connectivity index (χ3v) is 11.3. The molecule has 8 heteroatoms. The van der Waals surface area contributed by atoms with E-state index >= 15 is 8.78 Å². The first-order valence-corrected chi connectivity index (χ1v) is 14.9. The normalized spacial score (nSPS) is 20.3. The van der Waals surface area contributed by atoms with Gasteiger partial charge in [-0.3, -0.25) is 0 Å². The smallest absolute Gasteiger partial charge is 0.200 e. The summed E-state index contributed by atoms with van der Waals surface area (Å²) in [6.45, 7) is 8.10. The fourth-order valence-electron chi connectivity index (χ4n) is 5.46. The van der Waals surface area contributed by atoms with Crippen LogP contribution in [0.25, 0.3) is 5.57 Å². The van der Waals surface area contributed by atoms with Crippen LogP contribution in [-0.4, -0.2) is 44.5 Å². The number of fused-ring (bicyclic) bond motifs is 2. The molecule has 0 bridgehead atoms. The molecule has 180 valence electrons. The van der Waals surface area contributed by atoms with E-state index in [-0.39, 0.29) is 5.57 Å². The second-order valence-corrected chi connectivity index (χ2v) is 14.4. The first-order valence-electron chi connectivity index (χ1n) is 11.9. The second-order valence-electron chi connectivity index (χ2n) is 10.1. The molecule has 4 aliphatic rings. The molecular formula is C27H24F5N2Si+. The molecule has 0 unspecified atom stereocenters. The van der Waals surface area contributed by atoms with Gasteiger partial charge in [0.1, 0.15) is 21.2 Å². The first-order chi connectivity index (χ1) is 16.7. The molecule has 2 aromatic rings. The number of rotatable bonds is 2. The summed E-state index contributed by atoms with van der Waals surface area (Å²) >= 11 is 0. The molecule has 0 radical (unpaired) electrons. The third kappa shape index (κ3) is 3.15. The zero-order valence-corrected chi connectivity index (χ0v) is 20.5. The average molecular weight is 500 g/mol. The third-order valence-electron chi connectivity index (χ3n) is 7.79. The summed E-state index contributed by atoms with van der Waals surface area (Å²) in [7, 11) is -2.39. The van der Waals surface area contributed by atoms with Crippen molar-refractivity contribution >= 4 is 30.2 Å². The molecule has 0 atom stereocenters. The van der Waals surface area contributed by atoms with E-state index < -0.39 is 42.7 Å². The second kappa shape index (κ2) is 7.75. The van der Waals surface area contributed by atoms with Crippen LogP contribution in [0.2, 0.25) is 13.1 Å². The van der Waals surface area contributed by atoms with Crippen LogP contribution in [0, 0.1) is 29.1 Å². The zero-order valence-electron chi connectivity index (χ0n) is 19.5. The van der Waals surface area contributed by atoms with Gasteiger partial charge < -0.3 is 4.90 Å². The SMILES string of the molecule is C[Si]1(C)C2=CC(=[N+]3CCC3)C=CC2=C(c2c(F)c(F)c(F)c(F)c2F)c2ccc(N3CCC3)cc21. The Labute approximate surface area is 201 Å². The highest BCUT2D eigenvalue weighted by molar-refractivity contribution is 6.98. The van der Waals surface area contributed by atoms with Crippen molar-refractivity contribution < 1.29 is 26.5 Å². The van der Waals surface area contributed by atoms with Crippen LogP contribution in [-0.2, 0) is 0 Å². The van der Waals surface area contributed by atoms with E-state index in [0.29, 0.717) is 11.1 Å². The Morgan fingerprint density at radius 1 is 0.829 bits per heavy atom. The van der Waals surface area contributed by atoms with Gasteiger partial charge in [-0.1, -0.05) is 19.2 Å². The lowest BCUT2D eigenvalue weighted by molar-refractivity contribution is -0.582. The Kier molecular flexibility index (Phi) is 4.97. The number of benzene rings is 2. The minimum absolute atomic E-state index is 0.0694. The summed E-state index contributed by atoms with van der Waals surface area (Å²) in [4.78, 5) is 2.23. The summed E-state index contributed by atoms with van der Waals surface area (Å²) < 4.78 is 75.1. The maximum Gasteiger partial charge on any atom is 0.200 e. The first kappa shape index (κ1) is 22.5. The number of hydrogen-bond acceptors (Lipinski definition) is 1. The van der Waals surface area contributed by atoms with Gasteiger partial charge in [-0.15, -0.1) is 0 Å². The molecule has 0 aromatic heterocycles. The maximum absolute atomic E-state index is 15.2. The van der Waals surface area contributed by atoms with Gasteiger partial charge in [0.25, 0.3) is 0 Å². The summed E-state index contributed by atoms with van der Waals surface area (Å²) in [5.74, 6) is -9.59. The van der Waals surface area contributed by atoms with E-state index in [9.17, 15) is 13.2 Å². The highest BCUT2D eigenvalue weighted by Crippen LogP contribution is 2.44. The summed E-state index contributed by atoms with van der Waals surface area (Å²) in [5.41, 5.74) is 2.34. The molecule has 2 saturated heterocycles. The molecule has 0 amide bonds. The Bertz CT molecular complexity index is 1390. The molecule has 3 heterocycles. The van der Waals surface area contributed by atoms with Crippen molar-refractivity contribution in [2.75, 3.05) is 31.1 Å². The summed E-state index contributed by atoms with van der Waals surface area (Å²) in [5, 5.41) is 1.88. The standard InChI is InChI=1S/C27H24F5N2Si/c1-35(2)19-13-15(33-9-3-10-33)5-7-17(19)21(22-23(28)25(30)27(32)26(31)24(22)29)18-8-6-16(14-20(18)35)34-11-4-12-34/h5-8,13-14H,3-4,9-12H2,1-2H3/q+1. The van der Waals surface area contributed by atoms with Crippen LogP contribution in [0.1, 0.15) is 24.0 Å². The highest BCUT2D eigenvalue weighted by Gasteiger charge is 2.43. The van der Waals surface area contributed by atoms with E-state index in [4.69, 9.17) is 0 Å². The zero-order chi connectivity index (χ0) is 24.6. The summed E-state index contributed by atoms with van der Waals surface area (Å²) in [6, 6.07) is 5.73. The van der Waals surface area contributed by atoms with Gasteiger partial charge in [0.15, 0.2) is 29.0 Å².